The molecule has 0 aliphatic heterocycles. The molecule has 0 aliphatic carbocycles. The van der Waals surface area contributed by atoms with E-state index in [-0.39, 0.29) is 24.6 Å². The molecular formula is C26H26N6O3. The molecule has 0 fully saturated rings. The van der Waals surface area contributed by atoms with Crippen LogP contribution >= 0.6 is 0 Å². The smallest absolute Gasteiger partial charge is 0.278 e. The molecule has 0 aliphatic rings. The number of aromatic nitrogens is 5. The molecule has 5 rings (SSSR count). The van der Waals surface area contributed by atoms with E-state index >= 15 is 0 Å². The van der Waals surface area contributed by atoms with Crippen LogP contribution in [0.4, 0.5) is 5.69 Å². The summed E-state index contributed by atoms with van der Waals surface area (Å²) in [7, 11) is 0. The molecule has 35 heavy (non-hydrogen) atoms. The van der Waals surface area contributed by atoms with Crippen molar-refractivity contribution in [3.63, 3.8) is 0 Å². The molecule has 1 amide bonds. The minimum absolute atomic E-state index is 0.0282. The lowest BCUT2D eigenvalue weighted by molar-refractivity contribution is -0.116. The van der Waals surface area contributed by atoms with E-state index < -0.39 is 0 Å². The molecule has 0 saturated heterocycles. The average molecular weight is 471 g/mol. The number of carbonyl (C=O) groups excluding carboxylic acids is 1. The second-order valence-corrected chi connectivity index (χ2v) is 8.70. The Morgan fingerprint density at radius 1 is 1.14 bits per heavy atom. The summed E-state index contributed by atoms with van der Waals surface area (Å²) in [4.78, 5) is 35.6. The lowest BCUT2D eigenvalue weighted by Gasteiger charge is -2.11. The largest absolute Gasteiger partial charge is 0.337 e. The summed E-state index contributed by atoms with van der Waals surface area (Å²) < 4.78 is 8.47. The van der Waals surface area contributed by atoms with Gasteiger partial charge in [0, 0.05) is 17.5 Å². The molecule has 178 valence electrons. The number of nitrogens with one attached hydrogen (secondary N) is 1. The van der Waals surface area contributed by atoms with Gasteiger partial charge in [-0.05, 0) is 43.5 Å². The van der Waals surface area contributed by atoms with Crippen molar-refractivity contribution in [2.45, 2.75) is 46.7 Å². The zero-order chi connectivity index (χ0) is 24.5. The first-order valence-corrected chi connectivity index (χ1v) is 11.6. The summed E-state index contributed by atoms with van der Waals surface area (Å²) in [6, 6.07) is 13.5. The van der Waals surface area contributed by atoms with Gasteiger partial charge in [0.05, 0.1) is 11.8 Å². The van der Waals surface area contributed by atoms with E-state index in [0.717, 1.165) is 34.1 Å². The van der Waals surface area contributed by atoms with E-state index in [4.69, 9.17) is 4.52 Å². The van der Waals surface area contributed by atoms with E-state index in [0.29, 0.717) is 29.2 Å². The number of rotatable bonds is 7. The molecule has 2 aromatic carbocycles. The van der Waals surface area contributed by atoms with E-state index in [9.17, 15) is 9.59 Å². The standard InChI is InChI=1S/C26H26N6O3/c1-4-7-21-29-23(35-30-21)14-31-15-27-24-18-8-5-6-9-20(18)32(25(24)26(31)34)13-22(33)28-19-12-16(2)10-11-17(19)3/h5-6,8-12,15H,4,7,13-14H2,1-3H3,(H,28,33). The number of carbonyl (C=O) groups is 1. The summed E-state index contributed by atoms with van der Waals surface area (Å²) in [6.45, 7) is 6.04. The van der Waals surface area contributed by atoms with Crippen LogP contribution in [0.25, 0.3) is 21.9 Å². The number of hydrogen-bond donors (Lipinski definition) is 1. The van der Waals surface area contributed by atoms with Gasteiger partial charge >= 0.3 is 0 Å². The molecule has 0 spiro atoms. The van der Waals surface area contributed by atoms with Gasteiger partial charge < -0.3 is 14.4 Å². The number of anilines is 1. The van der Waals surface area contributed by atoms with Crippen LogP contribution in [0.3, 0.4) is 0 Å². The Kier molecular flexibility index (Phi) is 5.90. The molecule has 1 N–H and O–H groups in total. The van der Waals surface area contributed by atoms with Gasteiger partial charge in [-0.15, -0.1) is 0 Å². The van der Waals surface area contributed by atoms with Crippen LogP contribution in [0, 0.1) is 13.8 Å². The first-order valence-electron chi connectivity index (χ1n) is 11.6. The summed E-state index contributed by atoms with van der Waals surface area (Å²) in [6.07, 6.45) is 3.09. The fourth-order valence-corrected chi connectivity index (χ4v) is 4.25. The molecule has 0 atom stereocenters. The summed E-state index contributed by atoms with van der Waals surface area (Å²) >= 11 is 0. The maximum atomic E-state index is 13.6. The van der Waals surface area contributed by atoms with Crippen LogP contribution < -0.4 is 10.9 Å². The Labute approximate surface area is 201 Å². The molecule has 0 unspecified atom stereocenters. The Balaban J connectivity index is 1.54. The molecule has 9 heteroatoms. The van der Waals surface area contributed by atoms with Gasteiger partial charge in [-0.3, -0.25) is 14.2 Å². The van der Waals surface area contributed by atoms with Gasteiger partial charge in [0.1, 0.15) is 24.1 Å². The number of para-hydroxylation sites is 1. The van der Waals surface area contributed by atoms with Crippen molar-refractivity contribution in [3.05, 3.63) is 82.0 Å². The minimum Gasteiger partial charge on any atom is -0.337 e. The number of benzene rings is 2. The maximum absolute atomic E-state index is 13.6. The predicted molar refractivity (Wildman–Crippen MR) is 133 cm³/mol. The quantitative estimate of drug-likeness (QED) is 0.385. The van der Waals surface area contributed by atoms with Gasteiger partial charge in [0.15, 0.2) is 5.82 Å². The Hall–Kier alpha value is -4.27. The Morgan fingerprint density at radius 3 is 2.80 bits per heavy atom. The first kappa shape index (κ1) is 22.5. The highest BCUT2D eigenvalue weighted by Gasteiger charge is 2.19. The molecule has 3 aromatic heterocycles. The van der Waals surface area contributed by atoms with Crippen molar-refractivity contribution in [2.75, 3.05) is 5.32 Å². The number of amides is 1. The summed E-state index contributed by atoms with van der Waals surface area (Å²) in [5, 5.41) is 7.76. The number of nitrogens with zero attached hydrogens (tertiary/aromatic N) is 5. The van der Waals surface area contributed by atoms with E-state index in [1.807, 2.05) is 63.2 Å². The zero-order valence-electron chi connectivity index (χ0n) is 19.9. The lowest BCUT2D eigenvalue weighted by Crippen LogP contribution is -2.25. The van der Waals surface area contributed by atoms with Gasteiger partial charge in [0.2, 0.25) is 11.8 Å². The fraction of sp³-hybridized carbons (Fsp3) is 0.269. The average Bonchev–Trinajstić information content (AvgIpc) is 3.41. The van der Waals surface area contributed by atoms with E-state index in [2.05, 4.69) is 20.4 Å². The lowest BCUT2D eigenvalue weighted by atomic mass is 10.1. The van der Waals surface area contributed by atoms with E-state index in [1.165, 1.54) is 10.9 Å². The second kappa shape index (κ2) is 9.17. The monoisotopic (exact) mass is 470 g/mol. The number of fused-ring (bicyclic) bond motifs is 3. The topological polar surface area (TPSA) is 108 Å². The van der Waals surface area contributed by atoms with Gasteiger partial charge in [0.25, 0.3) is 5.56 Å². The first-order chi connectivity index (χ1) is 16.9. The zero-order valence-corrected chi connectivity index (χ0v) is 19.9. The van der Waals surface area contributed by atoms with Gasteiger partial charge in [-0.25, -0.2) is 4.98 Å². The normalized spacial score (nSPS) is 11.4. The number of hydrogen-bond acceptors (Lipinski definition) is 6. The fourth-order valence-electron chi connectivity index (χ4n) is 4.25. The van der Waals surface area contributed by atoms with E-state index in [1.54, 1.807) is 4.57 Å². The van der Waals surface area contributed by atoms with Crippen molar-refractivity contribution in [3.8, 4) is 0 Å². The summed E-state index contributed by atoms with van der Waals surface area (Å²) in [5.41, 5.74) is 4.18. The Bertz CT molecular complexity index is 1610. The van der Waals surface area contributed by atoms with Crippen molar-refractivity contribution in [1.29, 1.82) is 0 Å². The van der Waals surface area contributed by atoms with Gasteiger partial charge in [-0.2, -0.15) is 4.98 Å². The van der Waals surface area contributed by atoms with Gasteiger partial charge in [-0.1, -0.05) is 42.4 Å². The Morgan fingerprint density at radius 2 is 1.97 bits per heavy atom. The molecule has 0 bridgehead atoms. The molecule has 0 radical (unpaired) electrons. The minimum atomic E-state index is -0.277. The highest BCUT2D eigenvalue weighted by atomic mass is 16.5. The SMILES string of the molecule is CCCc1noc(Cn2cnc3c4ccccc4n(CC(=O)Nc4cc(C)ccc4C)c3c2=O)n1. The van der Waals surface area contributed by atoms with Crippen molar-refractivity contribution < 1.29 is 9.32 Å². The third-order valence-corrected chi connectivity index (χ3v) is 5.99. The van der Waals surface area contributed by atoms with Crippen LogP contribution in [0.1, 0.15) is 36.2 Å². The molecule has 9 nitrogen and oxygen atoms in total. The van der Waals surface area contributed by atoms with Crippen LogP contribution in [-0.2, 0) is 24.3 Å². The number of aryl methyl sites for hydroxylation is 3. The van der Waals surface area contributed by atoms with Crippen molar-refractivity contribution in [1.82, 2.24) is 24.3 Å². The molecular weight excluding hydrogens is 444 g/mol. The highest BCUT2D eigenvalue weighted by molar-refractivity contribution is 6.06. The predicted octanol–water partition coefficient (Wildman–Crippen LogP) is 3.99. The van der Waals surface area contributed by atoms with Crippen LogP contribution in [0.5, 0.6) is 0 Å². The molecule has 3 heterocycles. The van der Waals surface area contributed by atoms with Crippen LogP contribution in [0.2, 0.25) is 0 Å². The van der Waals surface area contributed by atoms with Crippen LogP contribution in [-0.4, -0.2) is 30.2 Å². The van der Waals surface area contributed by atoms with Crippen LogP contribution in [0.15, 0.2) is 58.1 Å². The maximum Gasteiger partial charge on any atom is 0.278 e. The third kappa shape index (κ3) is 4.32. The molecule has 5 aromatic rings. The van der Waals surface area contributed by atoms with Crippen molar-refractivity contribution in [2.24, 2.45) is 0 Å². The highest BCUT2D eigenvalue weighted by Crippen LogP contribution is 2.25. The molecule has 0 saturated carbocycles. The third-order valence-electron chi connectivity index (χ3n) is 5.99. The summed E-state index contributed by atoms with van der Waals surface area (Å²) in [5.74, 6) is 0.728. The second-order valence-electron chi connectivity index (χ2n) is 8.70. The van der Waals surface area contributed by atoms with Crippen molar-refractivity contribution >= 4 is 33.5 Å².